The maximum absolute atomic E-state index is 12.2. The zero-order valence-electron chi connectivity index (χ0n) is 18.8. The SMILES string of the molecule is CCCCCOCCOCCOC(O)COP(=O)(O)OC1C(COP(=O)(O)O)OC(C)C1O. The molecular formula is C17H36O14P2. The van der Waals surface area contributed by atoms with Gasteiger partial charge in [0.2, 0.25) is 0 Å². The van der Waals surface area contributed by atoms with Gasteiger partial charge in [0.05, 0.1) is 39.1 Å². The largest absolute Gasteiger partial charge is 0.472 e. The highest BCUT2D eigenvalue weighted by atomic mass is 31.2. The molecule has 0 bridgehead atoms. The third kappa shape index (κ3) is 14.2. The maximum Gasteiger partial charge on any atom is 0.472 e. The fraction of sp³-hybridized carbons (Fsp3) is 1.00. The van der Waals surface area contributed by atoms with Gasteiger partial charge in [-0.15, -0.1) is 0 Å². The van der Waals surface area contributed by atoms with Crippen LogP contribution in [-0.4, -0.2) is 102 Å². The second-order valence-corrected chi connectivity index (χ2v) is 9.89. The third-order valence-electron chi connectivity index (χ3n) is 4.42. The van der Waals surface area contributed by atoms with E-state index in [1.807, 2.05) is 0 Å². The summed E-state index contributed by atoms with van der Waals surface area (Å²) in [5.41, 5.74) is 0. The van der Waals surface area contributed by atoms with E-state index in [1.54, 1.807) is 0 Å². The molecule has 1 heterocycles. The summed E-state index contributed by atoms with van der Waals surface area (Å²) in [6.45, 7) is 3.73. The van der Waals surface area contributed by atoms with Crippen LogP contribution in [0.1, 0.15) is 33.1 Å². The van der Waals surface area contributed by atoms with Crippen molar-refractivity contribution < 1.29 is 66.5 Å². The fourth-order valence-electron chi connectivity index (χ4n) is 2.77. The molecule has 0 radical (unpaired) electrons. The molecule has 1 aliphatic heterocycles. The van der Waals surface area contributed by atoms with Crippen LogP contribution in [0.2, 0.25) is 0 Å². The average molecular weight is 526 g/mol. The Morgan fingerprint density at radius 1 is 0.970 bits per heavy atom. The number of phosphoric acid groups is 2. The summed E-state index contributed by atoms with van der Waals surface area (Å²) in [7, 11) is -9.64. The van der Waals surface area contributed by atoms with Gasteiger partial charge < -0.3 is 43.8 Å². The predicted molar refractivity (Wildman–Crippen MR) is 112 cm³/mol. The topological polar surface area (TPSA) is 200 Å². The van der Waals surface area contributed by atoms with Crippen molar-refractivity contribution in [2.45, 2.75) is 63.8 Å². The molecule has 1 rings (SSSR count). The van der Waals surface area contributed by atoms with Gasteiger partial charge >= 0.3 is 15.6 Å². The number of hydrogen-bond donors (Lipinski definition) is 5. The molecule has 6 atom stereocenters. The highest BCUT2D eigenvalue weighted by Gasteiger charge is 2.47. The maximum atomic E-state index is 12.2. The number of hydrogen-bond acceptors (Lipinski definition) is 11. The van der Waals surface area contributed by atoms with Crippen LogP contribution in [0.5, 0.6) is 0 Å². The van der Waals surface area contributed by atoms with Gasteiger partial charge in [0.25, 0.3) is 0 Å². The first-order valence-electron chi connectivity index (χ1n) is 10.6. The number of ether oxygens (including phenoxy) is 4. The Balaban J connectivity index is 2.27. The minimum absolute atomic E-state index is 0.00850. The Bertz CT molecular complexity index is 617. The van der Waals surface area contributed by atoms with Gasteiger partial charge in [0.15, 0.2) is 6.29 Å². The lowest BCUT2D eigenvalue weighted by Crippen LogP contribution is -2.36. The van der Waals surface area contributed by atoms with Gasteiger partial charge in [-0.1, -0.05) is 19.8 Å². The van der Waals surface area contributed by atoms with Crippen LogP contribution in [0, 0.1) is 0 Å². The molecule has 1 aliphatic rings. The smallest absolute Gasteiger partial charge is 0.388 e. The monoisotopic (exact) mass is 526 g/mol. The van der Waals surface area contributed by atoms with Crippen molar-refractivity contribution in [1.29, 1.82) is 0 Å². The van der Waals surface area contributed by atoms with Crippen molar-refractivity contribution in [3.05, 3.63) is 0 Å². The van der Waals surface area contributed by atoms with E-state index in [4.69, 9.17) is 33.3 Å². The molecule has 33 heavy (non-hydrogen) atoms. The van der Waals surface area contributed by atoms with Crippen molar-refractivity contribution in [3.63, 3.8) is 0 Å². The lowest BCUT2D eigenvalue weighted by atomic mass is 10.1. The summed E-state index contributed by atoms with van der Waals surface area (Å²) in [6, 6.07) is 0. The zero-order chi connectivity index (χ0) is 24.9. The van der Waals surface area contributed by atoms with Crippen LogP contribution in [0.25, 0.3) is 0 Å². The molecule has 1 saturated heterocycles. The minimum Gasteiger partial charge on any atom is -0.388 e. The average Bonchev–Trinajstić information content (AvgIpc) is 2.99. The second-order valence-electron chi connectivity index (χ2n) is 7.25. The van der Waals surface area contributed by atoms with Gasteiger partial charge in [0, 0.05) is 6.61 Å². The molecule has 0 aromatic rings. The van der Waals surface area contributed by atoms with Crippen LogP contribution in [0.3, 0.4) is 0 Å². The van der Waals surface area contributed by atoms with Crippen molar-refractivity contribution in [1.82, 2.24) is 0 Å². The zero-order valence-corrected chi connectivity index (χ0v) is 20.6. The molecule has 5 N–H and O–H groups in total. The van der Waals surface area contributed by atoms with E-state index in [2.05, 4.69) is 16.0 Å². The molecule has 0 spiro atoms. The molecule has 16 heteroatoms. The van der Waals surface area contributed by atoms with Gasteiger partial charge in [-0.25, -0.2) is 9.13 Å². The van der Waals surface area contributed by atoms with Gasteiger partial charge in [0.1, 0.15) is 24.9 Å². The second kappa shape index (κ2) is 15.9. The molecule has 0 saturated carbocycles. The van der Waals surface area contributed by atoms with Crippen molar-refractivity contribution in [2.24, 2.45) is 0 Å². The van der Waals surface area contributed by atoms with E-state index in [9.17, 15) is 24.2 Å². The predicted octanol–water partition coefficient (Wildman–Crippen LogP) is 0.305. The first-order chi connectivity index (χ1) is 15.4. The van der Waals surface area contributed by atoms with Crippen molar-refractivity contribution >= 4 is 15.6 Å². The summed E-state index contributed by atoms with van der Waals surface area (Å²) in [5.74, 6) is 0. The lowest BCUT2D eigenvalue weighted by molar-refractivity contribution is -0.135. The highest BCUT2D eigenvalue weighted by Crippen LogP contribution is 2.48. The fourth-order valence-corrected chi connectivity index (χ4v) is 4.05. The van der Waals surface area contributed by atoms with Gasteiger partial charge in [-0.05, 0) is 13.3 Å². The number of aliphatic hydroxyl groups is 2. The number of unbranched alkanes of at least 4 members (excludes halogenated alkanes) is 2. The minimum atomic E-state index is -4.83. The van der Waals surface area contributed by atoms with Crippen LogP contribution < -0.4 is 0 Å². The van der Waals surface area contributed by atoms with E-state index >= 15 is 0 Å². The van der Waals surface area contributed by atoms with Crippen molar-refractivity contribution in [3.8, 4) is 0 Å². The molecule has 198 valence electrons. The summed E-state index contributed by atoms with van der Waals surface area (Å²) in [6.07, 6.45) is -3.31. The molecule has 0 aliphatic carbocycles. The van der Waals surface area contributed by atoms with Crippen LogP contribution in [0.4, 0.5) is 0 Å². The van der Waals surface area contributed by atoms with E-state index in [1.165, 1.54) is 6.92 Å². The first kappa shape index (κ1) is 31.0. The van der Waals surface area contributed by atoms with E-state index in [-0.39, 0.29) is 13.2 Å². The molecule has 0 aromatic heterocycles. The Morgan fingerprint density at radius 2 is 1.61 bits per heavy atom. The Labute approximate surface area is 192 Å². The van der Waals surface area contributed by atoms with Crippen LogP contribution in [0.15, 0.2) is 0 Å². The normalized spacial score (nSPS) is 26.4. The number of phosphoric ester groups is 2. The molecule has 0 aromatic carbocycles. The Morgan fingerprint density at radius 3 is 2.24 bits per heavy atom. The van der Waals surface area contributed by atoms with Crippen LogP contribution in [-0.2, 0) is 41.6 Å². The van der Waals surface area contributed by atoms with E-state index < -0.39 is 59.6 Å². The van der Waals surface area contributed by atoms with E-state index in [0.29, 0.717) is 19.8 Å². The van der Waals surface area contributed by atoms with Crippen LogP contribution >= 0.6 is 15.6 Å². The summed E-state index contributed by atoms with van der Waals surface area (Å²) in [5, 5.41) is 19.8. The van der Waals surface area contributed by atoms with Gasteiger partial charge in [-0.2, -0.15) is 0 Å². The Kier molecular flexibility index (Phi) is 14.9. The molecule has 1 fully saturated rings. The third-order valence-corrected chi connectivity index (χ3v) is 5.89. The van der Waals surface area contributed by atoms with Gasteiger partial charge in [-0.3, -0.25) is 13.6 Å². The number of aliphatic hydroxyl groups excluding tert-OH is 2. The molecule has 6 unspecified atom stereocenters. The van der Waals surface area contributed by atoms with Crippen molar-refractivity contribution in [2.75, 3.05) is 46.2 Å². The highest BCUT2D eigenvalue weighted by molar-refractivity contribution is 7.47. The molecule has 0 amide bonds. The first-order valence-corrected chi connectivity index (χ1v) is 13.6. The summed E-state index contributed by atoms with van der Waals surface area (Å²) in [4.78, 5) is 27.4. The van der Waals surface area contributed by atoms with E-state index in [0.717, 1.165) is 19.3 Å². The quantitative estimate of drug-likeness (QED) is 0.0874. The Hall–Kier alpha value is -0.0200. The molecular weight excluding hydrogens is 490 g/mol. The standard InChI is InChI=1S/C17H36O14P2/c1-3-4-5-6-25-7-8-26-9-10-27-15(18)12-29-33(23,24)31-17-14(11-28-32(20,21)22)30-13(2)16(17)19/h13-19H,3-12H2,1-2H3,(H,23,24)(H2,20,21,22). The molecule has 14 nitrogen and oxygen atoms in total. The summed E-state index contributed by atoms with van der Waals surface area (Å²) < 4.78 is 57.8. The summed E-state index contributed by atoms with van der Waals surface area (Å²) >= 11 is 0. The number of rotatable bonds is 19. The lowest BCUT2D eigenvalue weighted by Gasteiger charge is -2.23.